The molecule has 4 aromatic rings. The van der Waals surface area contributed by atoms with Crippen molar-refractivity contribution < 1.29 is 22.7 Å². The number of pyridine rings is 2. The van der Waals surface area contributed by atoms with Crippen LogP contribution in [0, 0.1) is 0 Å². The highest BCUT2D eigenvalue weighted by atomic mass is 19.4. The van der Waals surface area contributed by atoms with Gasteiger partial charge in [-0.15, -0.1) is 0 Å². The molecule has 2 aromatic carbocycles. The lowest BCUT2D eigenvalue weighted by atomic mass is 10.1. The smallest absolute Gasteiger partial charge is 0.419 e. The summed E-state index contributed by atoms with van der Waals surface area (Å²) in [5, 5.41) is 6.88. The van der Waals surface area contributed by atoms with E-state index in [0.717, 1.165) is 48.5 Å². The molecule has 0 bridgehead atoms. The Kier molecular flexibility index (Phi) is 7.92. The number of nitrogens with zero attached hydrogens (tertiary/aromatic N) is 3. The number of anilines is 2. The van der Waals surface area contributed by atoms with E-state index in [0.29, 0.717) is 18.9 Å². The van der Waals surface area contributed by atoms with Crippen molar-refractivity contribution in [3.05, 3.63) is 89.7 Å². The van der Waals surface area contributed by atoms with Crippen LogP contribution in [0.4, 0.5) is 24.7 Å². The number of carbonyl (C=O) groups excluding carboxylic acids is 1. The first-order chi connectivity index (χ1) is 18.9. The van der Waals surface area contributed by atoms with E-state index >= 15 is 0 Å². The van der Waals surface area contributed by atoms with Crippen molar-refractivity contribution in [2.45, 2.75) is 25.6 Å². The highest BCUT2D eigenvalue weighted by molar-refractivity contribution is 6.07. The van der Waals surface area contributed by atoms with Gasteiger partial charge in [0.2, 0.25) is 0 Å². The first kappa shape index (κ1) is 26.4. The summed E-state index contributed by atoms with van der Waals surface area (Å²) in [4.78, 5) is 24.0. The maximum absolute atomic E-state index is 13.6. The largest absolute Gasteiger partial charge is 0.492 e. The van der Waals surface area contributed by atoms with E-state index in [1.807, 2.05) is 30.3 Å². The number of amides is 1. The normalized spacial score (nSPS) is 13.9. The van der Waals surface area contributed by atoms with Gasteiger partial charge in [0.25, 0.3) is 5.91 Å². The number of rotatable bonds is 9. The van der Waals surface area contributed by atoms with Crippen molar-refractivity contribution in [1.82, 2.24) is 14.9 Å². The first-order valence-corrected chi connectivity index (χ1v) is 12.8. The van der Waals surface area contributed by atoms with Gasteiger partial charge in [0.05, 0.1) is 16.6 Å². The Morgan fingerprint density at radius 2 is 1.79 bits per heavy atom. The molecule has 1 aliphatic heterocycles. The number of nitrogens with one attached hydrogen (secondary N) is 2. The van der Waals surface area contributed by atoms with E-state index in [1.165, 1.54) is 12.1 Å². The van der Waals surface area contributed by atoms with E-state index in [4.69, 9.17) is 4.74 Å². The number of hydrogen-bond acceptors (Lipinski definition) is 6. The molecule has 3 heterocycles. The summed E-state index contributed by atoms with van der Waals surface area (Å²) in [6.45, 7) is 2.91. The van der Waals surface area contributed by atoms with E-state index < -0.39 is 17.6 Å². The molecule has 0 aliphatic carbocycles. The molecule has 0 unspecified atom stereocenters. The van der Waals surface area contributed by atoms with Crippen molar-refractivity contribution in [2.75, 3.05) is 36.9 Å². The summed E-state index contributed by atoms with van der Waals surface area (Å²) >= 11 is 0. The van der Waals surface area contributed by atoms with Crippen LogP contribution in [-0.2, 0) is 12.7 Å². The van der Waals surface area contributed by atoms with Gasteiger partial charge in [0.1, 0.15) is 18.2 Å². The molecule has 1 aliphatic rings. The highest BCUT2D eigenvalue weighted by Crippen LogP contribution is 2.38. The lowest BCUT2D eigenvalue weighted by molar-refractivity contribution is -0.138. The second-order valence-corrected chi connectivity index (χ2v) is 9.30. The second-order valence-electron chi connectivity index (χ2n) is 9.30. The Bertz CT molecular complexity index is 1450. The number of likely N-dealkylation sites (tertiary alicyclic amines) is 1. The quantitative estimate of drug-likeness (QED) is 0.274. The predicted octanol–water partition coefficient (Wildman–Crippen LogP) is 5.99. The Morgan fingerprint density at radius 1 is 0.974 bits per heavy atom. The van der Waals surface area contributed by atoms with Gasteiger partial charge < -0.3 is 15.4 Å². The Morgan fingerprint density at radius 3 is 2.62 bits per heavy atom. The molecule has 0 atom stereocenters. The molecule has 202 valence electrons. The van der Waals surface area contributed by atoms with Crippen molar-refractivity contribution in [2.24, 2.45) is 0 Å². The van der Waals surface area contributed by atoms with Gasteiger partial charge in [0.15, 0.2) is 0 Å². The average molecular weight is 536 g/mol. The van der Waals surface area contributed by atoms with Crippen LogP contribution in [-0.4, -0.2) is 47.0 Å². The van der Waals surface area contributed by atoms with Crippen molar-refractivity contribution in [3.8, 4) is 5.75 Å². The highest BCUT2D eigenvalue weighted by Gasteiger charge is 2.34. The maximum Gasteiger partial charge on any atom is 0.419 e. The number of benzene rings is 2. The first-order valence-electron chi connectivity index (χ1n) is 12.8. The Hall–Kier alpha value is -4.18. The molecule has 1 amide bonds. The molecule has 5 rings (SSSR count). The number of ether oxygens (including phenoxy) is 1. The lowest BCUT2D eigenvalue weighted by Gasteiger charge is -2.18. The van der Waals surface area contributed by atoms with Gasteiger partial charge >= 0.3 is 6.18 Å². The number of carbonyl (C=O) groups is 1. The summed E-state index contributed by atoms with van der Waals surface area (Å²) in [6.07, 6.45) is 0.872. The minimum absolute atomic E-state index is 0.126. The minimum atomic E-state index is -4.58. The Balaban J connectivity index is 1.30. The van der Waals surface area contributed by atoms with Crippen LogP contribution in [0.25, 0.3) is 10.9 Å². The third kappa shape index (κ3) is 6.46. The van der Waals surface area contributed by atoms with Crippen molar-refractivity contribution in [3.63, 3.8) is 0 Å². The summed E-state index contributed by atoms with van der Waals surface area (Å²) in [5.41, 5.74) is 1.41. The monoisotopic (exact) mass is 535 g/mol. The summed E-state index contributed by atoms with van der Waals surface area (Å²) in [6, 6.07) is 16.2. The van der Waals surface area contributed by atoms with E-state index in [2.05, 4.69) is 25.5 Å². The molecule has 2 N–H and O–H groups in total. The molecular formula is C29H28F3N5O2. The molecule has 1 fully saturated rings. The van der Waals surface area contributed by atoms with Gasteiger partial charge in [-0.05, 0) is 67.9 Å². The third-order valence-electron chi connectivity index (χ3n) is 6.65. The van der Waals surface area contributed by atoms with Crippen molar-refractivity contribution >= 4 is 28.3 Å². The number of para-hydroxylation sites is 1. The van der Waals surface area contributed by atoms with E-state index in [-0.39, 0.29) is 23.6 Å². The number of hydrogen-bond donors (Lipinski definition) is 2. The number of halogens is 3. The third-order valence-corrected chi connectivity index (χ3v) is 6.65. The van der Waals surface area contributed by atoms with Crippen molar-refractivity contribution in [1.29, 1.82) is 0 Å². The number of alkyl halides is 3. The fraction of sp³-hybridized carbons (Fsp3) is 0.276. The zero-order valence-electron chi connectivity index (χ0n) is 21.2. The number of fused-ring (bicyclic) bond motifs is 1. The van der Waals surface area contributed by atoms with Gasteiger partial charge in [0, 0.05) is 42.6 Å². The maximum atomic E-state index is 13.6. The van der Waals surface area contributed by atoms with Crippen LogP contribution in [0.15, 0.2) is 73.1 Å². The fourth-order valence-electron chi connectivity index (χ4n) is 4.66. The van der Waals surface area contributed by atoms with E-state index in [1.54, 1.807) is 24.5 Å². The topological polar surface area (TPSA) is 79.4 Å². The molecule has 0 spiro atoms. The molecular weight excluding hydrogens is 507 g/mol. The summed E-state index contributed by atoms with van der Waals surface area (Å²) in [7, 11) is 0. The lowest BCUT2D eigenvalue weighted by Crippen LogP contribution is -2.25. The Labute approximate surface area is 224 Å². The van der Waals surface area contributed by atoms with Crippen LogP contribution in [0.5, 0.6) is 5.75 Å². The number of aromatic nitrogens is 2. The molecule has 0 saturated carbocycles. The zero-order valence-corrected chi connectivity index (χ0v) is 21.2. The van der Waals surface area contributed by atoms with E-state index in [9.17, 15) is 18.0 Å². The fourth-order valence-corrected chi connectivity index (χ4v) is 4.66. The van der Waals surface area contributed by atoms with Crippen LogP contribution in [0.2, 0.25) is 0 Å². The van der Waals surface area contributed by atoms with Gasteiger partial charge in [-0.3, -0.25) is 14.7 Å². The van der Waals surface area contributed by atoms with Gasteiger partial charge in [-0.25, -0.2) is 4.98 Å². The standard InChI is InChI=1S/C29H28F3N5O2/c30-29(31,32)24-10-9-21(18-26(24)39-17-16-37-14-3-4-15-37)36-28(38)23-7-5-12-34-27(23)35-19-20-11-13-33-25-8-2-1-6-22(20)25/h1-2,5-13,18H,3-4,14-17,19H2,(H,34,35)(H,36,38). The zero-order chi connectivity index (χ0) is 27.2. The molecule has 39 heavy (non-hydrogen) atoms. The molecule has 10 heteroatoms. The minimum Gasteiger partial charge on any atom is -0.492 e. The van der Waals surface area contributed by atoms with Crippen LogP contribution in [0.3, 0.4) is 0 Å². The molecule has 0 radical (unpaired) electrons. The van der Waals surface area contributed by atoms with Crippen LogP contribution in [0.1, 0.15) is 34.3 Å². The molecule has 7 nitrogen and oxygen atoms in total. The summed E-state index contributed by atoms with van der Waals surface area (Å²) < 4.78 is 46.4. The summed E-state index contributed by atoms with van der Waals surface area (Å²) in [5.74, 6) is -0.466. The predicted molar refractivity (Wildman–Crippen MR) is 144 cm³/mol. The van der Waals surface area contributed by atoms with Crippen LogP contribution < -0.4 is 15.4 Å². The molecule has 2 aromatic heterocycles. The average Bonchev–Trinajstić information content (AvgIpc) is 3.45. The van der Waals surface area contributed by atoms with Gasteiger partial charge in [-0.1, -0.05) is 18.2 Å². The van der Waals surface area contributed by atoms with Gasteiger partial charge in [-0.2, -0.15) is 13.2 Å². The SMILES string of the molecule is O=C(Nc1ccc(C(F)(F)F)c(OCCN2CCCC2)c1)c1cccnc1NCc1ccnc2ccccc12. The van der Waals surface area contributed by atoms with Crippen LogP contribution >= 0.6 is 0 Å². The second kappa shape index (κ2) is 11.7. The molecule has 1 saturated heterocycles.